The van der Waals surface area contributed by atoms with Crippen molar-refractivity contribution in [1.29, 1.82) is 0 Å². The van der Waals surface area contributed by atoms with Gasteiger partial charge in [-0.05, 0) is 0 Å². The van der Waals surface area contributed by atoms with Crippen LogP contribution in [0.4, 0.5) is 19.0 Å². The maximum absolute atomic E-state index is 12.7. The number of hydrogen-bond acceptors (Lipinski definition) is 5. The highest BCUT2D eigenvalue weighted by molar-refractivity contribution is 7.07. The van der Waals surface area contributed by atoms with Crippen molar-refractivity contribution in [3.05, 3.63) is 44.9 Å². The van der Waals surface area contributed by atoms with Crippen LogP contribution in [0.2, 0.25) is 0 Å². The predicted octanol–water partition coefficient (Wildman–Crippen LogP) is 2.11. The number of H-pyrrole nitrogens is 1. The monoisotopic (exact) mass is 315 g/mol. The zero-order valence-electron chi connectivity index (χ0n) is 10.3. The third kappa shape index (κ3) is 2.75. The lowest BCUT2D eigenvalue weighted by atomic mass is 10.3. The average Bonchev–Trinajstić information content (AvgIpc) is 3.01. The van der Waals surface area contributed by atoms with Crippen molar-refractivity contribution >= 4 is 22.7 Å². The lowest BCUT2D eigenvalue weighted by Gasteiger charge is -2.04. The van der Waals surface area contributed by atoms with Crippen LogP contribution in [-0.2, 0) is 12.7 Å². The van der Waals surface area contributed by atoms with Crippen LogP contribution in [0, 0.1) is 0 Å². The number of halogens is 3. The molecule has 3 aromatic rings. The number of alkyl halides is 3. The van der Waals surface area contributed by atoms with E-state index in [-0.39, 0.29) is 22.8 Å². The zero-order chi connectivity index (χ0) is 15.0. The normalized spacial score (nSPS) is 12.0. The van der Waals surface area contributed by atoms with Crippen LogP contribution in [0.1, 0.15) is 11.4 Å². The summed E-state index contributed by atoms with van der Waals surface area (Å²) in [7, 11) is 0. The fourth-order valence-corrected chi connectivity index (χ4v) is 2.36. The lowest BCUT2D eigenvalue weighted by Crippen LogP contribution is -2.06. The van der Waals surface area contributed by atoms with E-state index in [1.807, 2.05) is 0 Å². The maximum Gasteiger partial charge on any atom is 0.435 e. The second-order valence-electron chi connectivity index (χ2n) is 4.16. The van der Waals surface area contributed by atoms with Gasteiger partial charge in [0, 0.05) is 29.5 Å². The molecule has 2 N–H and O–H groups in total. The molecular weight excluding hydrogens is 307 g/mol. The summed E-state index contributed by atoms with van der Waals surface area (Å²) >= 11 is 1.01. The molecule has 3 aromatic heterocycles. The van der Waals surface area contributed by atoms with Gasteiger partial charge in [-0.3, -0.25) is 4.79 Å². The Morgan fingerprint density at radius 3 is 2.90 bits per heavy atom. The minimum atomic E-state index is -4.51. The fraction of sp³-hybridized carbons (Fsp3) is 0.182. The summed E-state index contributed by atoms with van der Waals surface area (Å²) in [4.78, 5) is 17.4. The summed E-state index contributed by atoms with van der Waals surface area (Å²) in [5.74, 6) is 0.257. The molecule has 110 valence electrons. The van der Waals surface area contributed by atoms with Crippen LogP contribution in [-0.4, -0.2) is 19.6 Å². The van der Waals surface area contributed by atoms with Crippen LogP contribution < -0.4 is 10.2 Å². The molecule has 0 fully saturated rings. The molecule has 0 bridgehead atoms. The molecule has 0 amide bonds. The molecule has 0 atom stereocenters. The number of rotatable bonds is 3. The smallest absolute Gasteiger partial charge is 0.363 e. The number of aromatic nitrogens is 4. The van der Waals surface area contributed by atoms with Gasteiger partial charge in [0.1, 0.15) is 5.52 Å². The van der Waals surface area contributed by atoms with E-state index in [0.717, 1.165) is 21.9 Å². The quantitative estimate of drug-likeness (QED) is 0.776. The summed E-state index contributed by atoms with van der Waals surface area (Å²) < 4.78 is 39.1. The number of fused-ring (bicyclic) bond motifs is 1. The molecule has 0 aliphatic heterocycles. The number of anilines is 1. The lowest BCUT2D eigenvalue weighted by molar-refractivity contribution is -0.141. The SMILES string of the molecule is O=c1[nH]c(CNc2nccn3nc(C(F)(F)F)cc23)cs1. The number of nitrogens with zero attached hydrogens (tertiary/aromatic N) is 3. The van der Waals surface area contributed by atoms with E-state index < -0.39 is 11.9 Å². The molecule has 0 spiro atoms. The van der Waals surface area contributed by atoms with Gasteiger partial charge in [-0.2, -0.15) is 18.3 Å². The molecule has 0 aliphatic rings. The van der Waals surface area contributed by atoms with E-state index in [2.05, 4.69) is 20.4 Å². The van der Waals surface area contributed by atoms with E-state index >= 15 is 0 Å². The minimum Gasteiger partial charge on any atom is -0.363 e. The van der Waals surface area contributed by atoms with Gasteiger partial charge in [0.25, 0.3) is 0 Å². The first kappa shape index (κ1) is 13.6. The van der Waals surface area contributed by atoms with Crippen LogP contribution >= 0.6 is 11.3 Å². The number of aromatic amines is 1. The molecule has 10 heteroatoms. The Morgan fingerprint density at radius 1 is 1.43 bits per heavy atom. The first-order valence-electron chi connectivity index (χ1n) is 5.75. The first-order valence-corrected chi connectivity index (χ1v) is 6.63. The van der Waals surface area contributed by atoms with Gasteiger partial charge in [-0.25, -0.2) is 9.50 Å². The molecule has 0 radical (unpaired) electrons. The van der Waals surface area contributed by atoms with Crippen molar-refractivity contribution in [1.82, 2.24) is 19.6 Å². The fourth-order valence-electron chi connectivity index (χ4n) is 1.78. The molecular formula is C11H8F3N5OS. The molecule has 0 aliphatic carbocycles. The van der Waals surface area contributed by atoms with Gasteiger partial charge in [-0.15, -0.1) is 0 Å². The summed E-state index contributed by atoms with van der Waals surface area (Å²) in [6.07, 6.45) is -1.83. The van der Waals surface area contributed by atoms with E-state index in [1.165, 1.54) is 12.4 Å². The van der Waals surface area contributed by atoms with E-state index in [4.69, 9.17) is 0 Å². The second-order valence-corrected chi connectivity index (χ2v) is 5.00. The van der Waals surface area contributed by atoms with Crippen LogP contribution in [0.25, 0.3) is 5.52 Å². The third-order valence-electron chi connectivity index (χ3n) is 2.70. The Balaban J connectivity index is 1.91. The van der Waals surface area contributed by atoms with Crippen molar-refractivity contribution in [3.8, 4) is 0 Å². The summed E-state index contributed by atoms with van der Waals surface area (Å²) in [5, 5.41) is 7.97. The first-order chi connectivity index (χ1) is 9.93. The predicted molar refractivity (Wildman–Crippen MR) is 70.3 cm³/mol. The third-order valence-corrected chi connectivity index (χ3v) is 3.42. The van der Waals surface area contributed by atoms with Gasteiger partial charge in [0.15, 0.2) is 11.5 Å². The van der Waals surface area contributed by atoms with Gasteiger partial charge in [0.05, 0.1) is 6.54 Å². The molecule has 0 unspecified atom stereocenters. The van der Waals surface area contributed by atoms with Gasteiger partial charge in [0.2, 0.25) is 0 Å². The highest BCUT2D eigenvalue weighted by atomic mass is 32.1. The van der Waals surface area contributed by atoms with Gasteiger partial charge >= 0.3 is 11.0 Å². The largest absolute Gasteiger partial charge is 0.435 e. The molecule has 3 heterocycles. The maximum atomic E-state index is 12.7. The Bertz CT molecular complexity index is 834. The van der Waals surface area contributed by atoms with Crippen molar-refractivity contribution in [2.45, 2.75) is 12.7 Å². The molecule has 0 aromatic carbocycles. The molecule has 6 nitrogen and oxygen atoms in total. The standard InChI is InChI=1S/C11H8F3N5OS/c12-11(13,14)8-3-7-9(15-1-2-19(7)18-8)16-4-6-5-21-10(20)17-6/h1-3,5H,4H2,(H,15,16)(H,17,20). The molecule has 0 saturated carbocycles. The van der Waals surface area contributed by atoms with Crippen LogP contribution in [0.15, 0.2) is 28.6 Å². The van der Waals surface area contributed by atoms with E-state index in [0.29, 0.717) is 5.69 Å². The zero-order valence-corrected chi connectivity index (χ0v) is 11.1. The van der Waals surface area contributed by atoms with Crippen LogP contribution in [0.5, 0.6) is 0 Å². The van der Waals surface area contributed by atoms with E-state index in [9.17, 15) is 18.0 Å². The summed E-state index contributed by atoms with van der Waals surface area (Å²) in [5.41, 5.74) is -0.144. The van der Waals surface area contributed by atoms with Crippen molar-refractivity contribution < 1.29 is 13.2 Å². The second kappa shape index (κ2) is 4.88. The van der Waals surface area contributed by atoms with Crippen molar-refractivity contribution in [2.24, 2.45) is 0 Å². The van der Waals surface area contributed by atoms with E-state index in [1.54, 1.807) is 5.38 Å². The average molecular weight is 315 g/mol. The Morgan fingerprint density at radius 2 is 2.24 bits per heavy atom. The van der Waals surface area contributed by atoms with Crippen LogP contribution in [0.3, 0.4) is 0 Å². The molecule has 0 saturated heterocycles. The molecule has 21 heavy (non-hydrogen) atoms. The Labute approximate surface area is 119 Å². The van der Waals surface area contributed by atoms with Crippen molar-refractivity contribution in [2.75, 3.05) is 5.32 Å². The number of nitrogens with one attached hydrogen (secondary N) is 2. The topological polar surface area (TPSA) is 75.1 Å². The van der Waals surface area contributed by atoms with Gasteiger partial charge in [-0.1, -0.05) is 11.3 Å². The summed E-state index contributed by atoms with van der Waals surface area (Å²) in [6.45, 7) is 0.248. The molecule has 3 rings (SSSR count). The minimum absolute atomic E-state index is 0.193. The number of thiazole rings is 1. The Kier molecular flexibility index (Phi) is 3.16. The number of hydrogen-bond donors (Lipinski definition) is 2. The highest BCUT2D eigenvalue weighted by Gasteiger charge is 2.34. The highest BCUT2D eigenvalue weighted by Crippen LogP contribution is 2.30. The Hall–Kier alpha value is -2.36. The van der Waals surface area contributed by atoms with Crippen molar-refractivity contribution in [3.63, 3.8) is 0 Å². The van der Waals surface area contributed by atoms with Gasteiger partial charge < -0.3 is 10.3 Å². The summed E-state index contributed by atoms with van der Waals surface area (Å²) in [6, 6.07) is 0.922.